The van der Waals surface area contributed by atoms with Gasteiger partial charge < -0.3 is 34.2 Å². The Labute approximate surface area is 577 Å². The van der Waals surface area contributed by atoms with E-state index in [1.807, 2.05) is 0 Å². The molecule has 0 radical (unpaired) electrons. The number of aliphatic hydroxyl groups is 2. The molecule has 95 heavy (non-hydrogen) atoms. The van der Waals surface area contributed by atoms with E-state index in [9.17, 15) is 43.5 Å². The summed E-state index contributed by atoms with van der Waals surface area (Å²) in [6.45, 7) is 2.53. The summed E-state index contributed by atoms with van der Waals surface area (Å²) in [7, 11) is -9.79. The van der Waals surface area contributed by atoms with Crippen molar-refractivity contribution in [3.8, 4) is 0 Å². The zero-order valence-electron chi connectivity index (χ0n) is 59.6. The summed E-state index contributed by atoms with van der Waals surface area (Å²) >= 11 is 0. The number of rotatable bonds is 70. The summed E-state index contributed by atoms with van der Waals surface area (Å²) in [5.74, 6) is -1.59. The minimum atomic E-state index is -4.93. The van der Waals surface area contributed by atoms with Gasteiger partial charge in [-0.05, 0) is 109 Å². The van der Waals surface area contributed by atoms with Gasteiger partial charge in [0, 0.05) is 19.3 Å². The third-order valence-electron chi connectivity index (χ3n) is 15.5. The molecule has 0 saturated carbocycles. The molecule has 0 aromatic heterocycles. The second-order valence-electron chi connectivity index (χ2n) is 24.7. The number of esters is 3. The number of hydrogen-bond acceptors (Lipinski definition) is 14. The first-order valence-corrected chi connectivity index (χ1v) is 40.2. The summed E-state index contributed by atoms with van der Waals surface area (Å²) in [4.78, 5) is 58.5. The Kier molecular flexibility index (Phi) is 67.3. The van der Waals surface area contributed by atoms with Gasteiger partial charge in [0.1, 0.15) is 25.4 Å². The molecule has 0 spiro atoms. The first kappa shape index (κ1) is 91.2. The largest absolute Gasteiger partial charge is 0.472 e. The van der Waals surface area contributed by atoms with Gasteiger partial charge in [0.05, 0.1) is 26.4 Å². The maximum atomic E-state index is 13.0. The lowest BCUT2D eigenvalue weighted by molar-refractivity contribution is -0.161. The lowest BCUT2D eigenvalue weighted by Gasteiger charge is -2.21. The van der Waals surface area contributed by atoms with Gasteiger partial charge in [-0.15, -0.1) is 0 Å². The molecule has 5 atom stereocenters. The van der Waals surface area contributed by atoms with Crippen LogP contribution in [0.25, 0.3) is 0 Å². The molecule has 0 aliphatic heterocycles. The van der Waals surface area contributed by atoms with Crippen molar-refractivity contribution in [3.63, 3.8) is 0 Å². The number of carbonyl (C=O) groups excluding carboxylic acids is 3. The lowest BCUT2D eigenvalue weighted by atomic mass is 10.0. The topological polar surface area (TPSA) is 231 Å². The molecular weight excluding hydrogens is 1240 g/mol. The Morgan fingerprint density at radius 3 is 0.905 bits per heavy atom. The molecule has 0 aliphatic carbocycles. The Hall–Kier alpha value is -3.79. The molecule has 0 fully saturated rings. The summed E-state index contributed by atoms with van der Waals surface area (Å²) in [6.07, 6.45) is 79.8. The molecule has 0 rings (SSSR count). The molecule has 5 unspecified atom stereocenters. The smallest absolute Gasteiger partial charge is 0.463 e. The highest BCUT2D eigenvalue weighted by Crippen LogP contribution is 2.45. The van der Waals surface area contributed by atoms with Gasteiger partial charge in [-0.1, -0.05) is 284 Å². The van der Waals surface area contributed by atoms with Crippen LogP contribution in [0.5, 0.6) is 0 Å². The molecule has 0 heterocycles. The van der Waals surface area contributed by atoms with E-state index in [4.69, 9.17) is 32.3 Å². The number of carbonyl (C=O) groups is 3. The summed E-state index contributed by atoms with van der Waals surface area (Å²) in [5, 5.41) is 20.6. The number of allylic oxidation sites excluding steroid dienone is 18. The number of ether oxygens (including phenoxy) is 3. The molecule has 0 amide bonds. The van der Waals surface area contributed by atoms with Crippen LogP contribution in [0.3, 0.4) is 0 Å². The fraction of sp³-hybridized carbons (Fsp3) is 0.727. The number of phosphoric acid groups is 2. The van der Waals surface area contributed by atoms with E-state index in [1.54, 1.807) is 0 Å². The van der Waals surface area contributed by atoms with Gasteiger partial charge in [-0.25, -0.2) is 9.13 Å². The van der Waals surface area contributed by atoms with Crippen molar-refractivity contribution in [2.24, 2.45) is 0 Å². The van der Waals surface area contributed by atoms with Gasteiger partial charge >= 0.3 is 33.6 Å². The van der Waals surface area contributed by atoms with E-state index in [-0.39, 0.29) is 19.3 Å². The summed E-state index contributed by atoms with van der Waals surface area (Å²) in [6, 6.07) is 0. The van der Waals surface area contributed by atoms with E-state index in [1.165, 1.54) is 83.5 Å². The number of unbranched alkanes of at least 4 members (excludes halogenated alkanes) is 29. The third-order valence-corrected chi connectivity index (χ3v) is 17.4. The fourth-order valence-electron chi connectivity index (χ4n) is 9.82. The van der Waals surface area contributed by atoms with Gasteiger partial charge in [-0.2, -0.15) is 0 Å². The average molecular weight is 1380 g/mol. The SMILES string of the molecule is CC/C=C\C/C=C\C/C=C\C/C=C\C/C=C\C/C=C\CCCCCCCCC(=O)OCC(O)COP(=O)(O)OCC(O)COP(=O)(O)OCC(COC(=O)CCCCCCCC/C=C\C/C=C\C/C=C\CCCCC)OC(=O)CCCCCCCCCCCCCCCCC. The fourth-order valence-corrected chi connectivity index (χ4v) is 11.4. The molecule has 18 heteroatoms. The molecule has 0 aliphatic rings. The standard InChI is InChI=1S/C77H134O16P2/c1-4-7-10-13-16-19-22-25-28-30-32-33-34-35-36-37-39-41-43-45-48-51-54-57-60-63-75(80)87-66-72(78)67-89-94(83,84)90-68-73(79)69-91-95(85,86)92-71-74(93-77(82)65-62-59-56-53-50-47-42-27-24-21-18-15-12-9-6-3)70-88-76(81)64-61-58-55-52-49-46-44-40-38-31-29-26-23-20-17-14-11-8-5-2/h7,10,16-17,19-20,25-26,28-29,32-33,35-36,38-41,72-74,78-79H,4-6,8-9,11-15,18,21-24,27,30-31,34,37,42-71H2,1-3H3,(H,83,84)(H,85,86)/b10-7-,19-16-,20-17-,28-25-,29-26-,33-32-,36-35-,40-38-,41-39-. The van der Waals surface area contributed by atoms with Crippen molar-refractivity contribution in [2.75, 3.05) is 39.6 Å². The van der Waals surface area contributed by atoms with Crippen LogP contribution in [0.15, 0.2) is 109 Å². The number of aliphatic hydroxyl groups excluding tert-OH is 2. The minimum Gasteiger partial charge on any atom is -0.463 e. The molecule has 0 aromatic carbocycles. The average Bonchev–Trinajstić information content (AvgIpc) is 2.24. The second-order valence-corrected chi connectivity index (χ2v) is 27.6. The number of hydrogen-bond donors (Lipinski definition) is 4. The van der Waals surface area contributed by atoms with Crippen LogP contribution >= 0.6 is 15.6 Å². The maximum Gasteiger partial charge on any atom is 0.472 e. The highest BCUT2D eigenvalue weighted by Gasteiger charge is 2.29. The van der Waals surface area contributed by atoms with E-state index in [2.05, 4.69) is 130 Å². The quantitative estimate of drug-likeness (QED) is 0.0146. The second kappa shape index (κ2) is 70.1. The molecule has 0 bridgehead atoms. The van der Waals surface area contributed by atoms with Crippen molar-refractivity contribution < 1.29 is 75.8 Å². The van der Waals surface area contributed by atoms with E-state index < -0.39 is 91.5 Å². The third kappa shape index (κ3) is 71.3. The van der Waals surface area contributed by atoms with Crippen molar-refractivity contribution >= 4 is 33.6 Å². The van der Waals surface area contributed by atoms with E-state index >= 15 is 0 Å². The van der Waals surface area contributed by atoms with E-state index in [0.29, 0.717) is 19.3 Å². The first-order chi connectivity index (χ1) is 46.2. The number of phosphoric ester groups is 2. The van der Waals surface area contributed by atoms with Crippen LogP contribution in [0, 0.1) is 0 Å². The van der Waals surface area contributed by atoms with Crippen molar-refractivity contribution in [1.29, 1.82) is 0 Å². The molecule has 0 aromatic rings. The monoisotopic (exact) mass is 1380 g/mol. The van der Waals surface area contributed by atoms with Crippen molar-refractivity contribution in [3.05, 3.63) is 109 Å². The normalized spacial score (nSPS) is 14.7. The molecule has 4 N–H and O–H groups in total. The highest BCUT2D eigenvalue weighted by molar-refractivity contribution is 7.47. The zero-order valence-corrected chi connectivity index (χ0v) is 61.4. The van der Waals surface area contributed by atoms with Crippen LogP contribution < -0.4 is 0 Å². The lowest BCUT2D eigenvalue weighted by Crippen LogP contribution is -2.30. The Morgan fingerprint density at radius 2 is 0.558 bits per heavy atom. The first-order valence-electron chi connectivity index (χ1n) is 37.2. The highest BCUT2D eigenvalue weighted by atomic mass is 31.2. The zero-order chi connectivity index (χ0) is 69.5. The van der Waals surface area contributed by atoms with Crippen LogP contribution in [0.2, 0.25) is 0 Å². The molecule has 0 saturated heterocycles. The summed E-state index contributed by atoms with van der Waals surface area (Å²) < 4.78 is 61.0. The molecule has 16 nitrogen and oxygen atoms in total. The van der Waals surface area contributed by atoms with Gasteiger partial charge in [0.2, 0.25) is 0 Å². The van der Waals surface area contributed by atoms with Crippen LogP contribution in [0.4, 0.5) is 0 Å². The Bertz CT molecular complexity index is 2170. The Morgan fingerprint density at radius 1 is 0.305 bits per heavy atom. The molecule has 548 valence electrons. The minimum absolute atomic E-state index is 0.104. The predicted octanol–water partition coefficient (Wildman–Crippen LogP) is 21.2. The van der Waals surface area contributed by atoms with Gasteiger partial charge in [0.15, 0.2) is 6.10 Å². The predicted molar refractivity (Wildman–Crippen MR) is 390 cm³/mol. The van der Waals surface area contributed by atoms with Gasteiger partial charge in [-0.3, -0.25) is 32.5 Å². The van der Waals surface area contributed by atoms with Crippen LogP contribution in [-0.2, 0) is 55.8 Å². The van der Waals surface area contributed by atoms with Crippen molar-refractivity contribution in [1.82, 2.24) is 0 Å². The van der Waals surface area contributed by atoms with Gasteiger partial charge in [0.25, 0.3) is 0 Å². The van der Waals surface area contributed by atoms with Crippen LogP contribution in [0.1, 0.15) is 303 Å². The Balaban J connectivity index is 4.62. The van der Waals surface area contributed by atoms with E-state index in [0.717, 1.165) is 161 Å². The van der Waals surface area contributed by atoms with Crippen molar-refractivity contribution in [2.45, 2.75) is 322 Å². The van der Waals surface area contributed by atoms with Crippen LogP contribution in [-0.4, -0.2) is 95.9 Å². The summed E-state index contributed by atoms with van der Waals surface area (Å²) in [5.41, 5.74) is 0. The maximum absolute atomic E-state index is 13.0. The molecular formula is C77H134O16P2.